The summed E-state index contributed by atoms with van der Waals surface area (Å²) < 4.78 is 7.27. The minimum absolute atomic E-state index is 0.177. The van der Waals surface area contributed by atoms with Crippen LogP contribution in [-0.2, 0) is 0 Å². The van der Waals surface area contributed by atoms with Crippen LogP contribution in [0.4, 0.5) is 5.69 Å². The first-order valence-electron chi connectivity index (χ1n) is 10.3. The molecule has 0 amide bonds. The van der Waals surface area contributed by atoms with E-state index >= 15 is 0 Å². The molecule has 0 radical (unpaired) electrons. The molecule has 0 saturated carbocycles. The van der Waals surface area contributed by atoms with E-state index in [1.807, 2.05) is 44.3 Å². The summed E-state index contributed by atoms with van der Waals surface area (Å²) in [7, 11) is 2.05. The Bertz CT molecular complexity index is 1420. The summed E-state index contributed by atoms with van der Waals surface area (Å²) in [5.74, 6) is 1.36. The summed E-state index contributed by atoms with van der Waals surface area (Å²) in [5, 5.41) is 8.74. The van der Waals surface area contributed by atoms with Gasteiger partial charge < -0.3 is 15.0 Å². The minimum atomic E-state index is -0.177. The van der Waals surface area contributed by atoms with E-state index in [0.717, 1.165) is 28.2 Å². The van der Waals surface area contributed by atoms with E-state index in [1.54, 1.807) is 34.6 Å². The average molecular weight is 443 g/mol. The van der Waals surface area contributed by atoms with E-state index in [0.29, 0.717) is 35.0 Å². The molecule has 0 saturated heterocycles. The molecule has 0 bridgehead atoms. The van der Waals surface area contributed by atoms with Gasteiger partial charge in [0.25, 0.3) is 5.56 Å². The SMILES string of the molecule is C=C1C=C(c2cc3ccc(OCC)nc3n(-c3ccc4c(c3)N(C)CS4)c2=O)C=CC1=N. The molecular formula is C25H22N4O2S. The summed E-state index contributed by atoms with van der Waals surface area (Å²) in [5.41, 5.74) is 4.41. The number of ether oxygens (including phenoxy) is 1. The fourth-order valence-corrected chi connectivity index (χ4v) is 4.90. The molecule has 2 aliphatic rings. The Kier molecular flexibility index (Phi) is 4.98. The monoisotopic (exact) mass is 442 g/mol. The normalized spacial score (nSPS) is 15.3. The highest BCUT2D eigenvalue weighted by atomic mass is 32.2. The van der Waals surface area contributed by atoms with Gasteiger partial charge in [0.05, 0.1) is 29.6 Å². The number of hydrogen-bond donors (Lipinski definition) is 1. The van der Waals surface area contributed by atoms with Crippen molar-refractivity contribution in [1.82, 2.24) is 9.55 Å². The lowest BCUT2D eigenvalue weighted by Gasteiger charge is -2.17. The van der Waals surface area contributed by atoms with Gasteiger partial charge in [-0.1, -0.05) is 12.7 Å². The van der Waals surface area contributed by atoms with Crippen molar-refractivity contribution in [2.24, 2.45) is 0 Å². The van der Waals surface area contributed by atoms with E-state index < -0.39 is 0 Å². The van der Waals surface area contributed by atoms with Crippen LogP contribution in [0.25, 0.3) is 22.3 Å². The van der Waals surface area contributed by atoms with Crippen molar-refractivity contribution >= 4 is 39.8 Å². The van der Waals surface area contributed by atoms with Crippen LogP contribution in [0.5, 0.6) is 5.88 Å². The number of rotatable bonds is 4. The molecule has 0 atom stereocenters. The number of anilines is 1. The Morgan fingerprint density at radius 3 is 2.84 bits per heavy atom. The van der Waals surface area contributed by atoms with Crippen molar-refractivity contribution < 1.29 is 4.74 Å². The molecule has 1 N–H and O–H groups in total. The molecule has 0 spiro atoms. The Morgan fingerprint density at radius 2 is 2.06 bits per heavy atom. The molecule has 6 nitrogen and oxygen atoms in total. The summed E-state index contributed by atoms with van der Waals surface area (Å²) >= 11 is 1.78. The van der Waals surface area contributed by atoms with Gasteiger partial charge in [-0.25, -0.2) is 0 Å². The minimum Gasteiger partial charge on any atom is -0.478 e. The summed E-state index contributed by atoms with van der Waals surface area (Å²) in [6.07, 6.45) is 5.24. The number of nitrogens with one attached hydrogen (secondary N) is 1. The zero-order valence-corrected chi connectivity index (χ0v) is 18.7. The van der Waals surface area contributed by atoms with Crippen LogP contribution in [0.2, 0.25) is 0 Å². The molecule has 3 heterocycles. The summed E-state index contributed by atoms with van der Waals surface area (Å²) in [6.45, 7) is 6.32. The molecule has 160 valence electrons. The third-order valence-electron chi connectivity index (χ3n) is 5.56. The van der Waals surface area contributed by atoms with Crippen LogP contribution >= 0.6 is 11.8 Å². The van der Waals surface area contributed by atoms with Crippen molar-refractivity contribution in [1.29, 1.82) is 5.41 Å². The highest BCUT2D eigenvalue weighted by Crippen LogP contribution is 2.39. The van der Waals surface area contributed by atoms with Gasteiger partial charge in [0.2, 0.25) is 5.88 Å². The predicted molar refractivity (Wildman–Crippen MR) is 132 cm³/mol. The number of aromatic nitrogens is 2. The predicted octanol–water partition coefficient (Wildman–Crippen LogP) is 4.81. The quantitative estimate of drug-likeness (QED) is 0.628. The Hall–Kier alpha value is -3.58. The van der Waals surface area contributed by atoms with E-state index in [4.69, 9.17) is 10.1 Å². The molecule has 7 heteroatoms. The van der Waals surface area contributed by atoms with Gasteiger partial charge in [0.1, 0.15) is 0 Å². The van der Waals surface area contributed by atoms with Gasteiger partial charge in [-0.3, -0.25) is 9.36 Å². The highest BCUT2D eigenvalue weighted by Gasteiger charge is 2.21. The number of nitrogens with zero attached hydrogens (tertiary/aromatic N) is 3. The maximum absolute atomic E-state index is 13.8. The van der Waals surface area contributed by atoms with Crippen molar-refractivity contribution in [3.05, 3.63) is 82.7 Å². The number of hydrogen-bond acceptors (Lipinski definition) is 6. The third kappa shape index (κ3) is 3.35. The molecule has 5 rings (SSSR count). The van der Waals surface area contributed by atoms with Gasteiger partial charge in [-0.2, -0.15) is 4.98 Å². The van der Waals surface area contributed by atoms with Gasteiger partial charge in [0, 0.05) is 29.0 Å². The van der Waals surface area contributed by atoms with Gasteiger partial charge >= 0.3 is 0 Å². The van der Waals surface area contributed by atoms with Gasteiger partial charge in [-0.05, 0) is 60.6 Å². The zero-order valence-electron chi connectivity index (χ0n) is 17.9. The zero-order chi connectivity index (χ0) is 22.4. The second-order valence-electron chi connectivity index (χ2n) is 7.69. The van der Waals surface area contributed by atoms with Crippen LogP contribution in [0.3, 0.4) is 0 Å². The van der Waals surface area contributed by atoms with Crippen molar-refractivity contribution in [2.45, 2.75) is 11.8 Å². The number of pyridine rings is 2. The van der Waals surface area contributed by atoms with E-state index in [1.165, 1.54) is 4.90 Å². The molecule has 1 aromatic carbocycles. The van der Waals surface area contributed by atoms with Crippen LogP contribution in [0.1, 0.15) is 12.5 Å². The summed E-state index contributed by atoms with van der Waals surface area (Å²) in [6, 6.07) is 11.6. The number of benzene rings is 1. The molecule has 0 fully saturated rings. The van der Waals surface area contributed by atoms with Crippen molar-refractivity contribution in [2.75, 3.05) is 24.4 Å². The second kappa shape index (κ2) is 7.84. The lowest BCUT2D eigenvalue weighted by atomic mass is 9.96. The molecule has 32 heavy (non-hydrogen) atoms. The molecule has 1 aliphatic heterocycles. The van der Waals surface area contributed by atoms with E-state index in [2.05, 4.69) is 22.5 Å². The van der Waals surface area contributed by atoms with Crippen LogP contribution in [0.15, 0.2) is 76.5 Å². The first-order chi connectivity index (χ1) is 15.5. The Labute approximate surface area is 190 Å². The Balaban J connectivity index is 1.79. The van der Waals surface area contributed by atoms with Crippen LogP contribution in [0, 0.1) is 5.41 Å². The Morgan fingerprint density at radius 1 is 1.22 bits per heavy atom. The fourth-order valence-electron chi connectivity index (χ4n) is 3.90. The first-order valence-corrected chi connectivity index (χ1v) is 11.3. The van der Waals surface area contributed by atoms with Crippen LogP contribution < -0.4 is 15.2 Å². The molecule has 3 aromatic rings. The molecule has 1 aliphatic carbocycles. The maximum atomic E-state index is 13.8. The number of fused-ring (bicyclic) bond motifs is 2. The average Bonchev–Trinajstić information content (AvgIpc) is 3.16. The third-order valence-corrected chi connectivity index (χ3v) is 6.73. The second-order valence-corrected chi connectivity index (χ2v) is 8.68. The van der Waals surface area contributed by atoms with E-state index in [-0.39, 0.29) is 5.56 Å². The maximum Gasteiger partial charge on any atom is 0.264 e. The van der Waals surface area contributed by atoms with E-state index in [9.17, 15) is 4.79 Å². The smallest absolute Gasteiger partial charge is 0.264 e. The lowest BCUT2D eigenvalue weighted by Crippen LogP contribution is -2.24. The van der Waals surface area contributed by atoms with Crippen molar-refractivity contribution in [3.8, 4) is 11.6 Å². The number of thioether (sulfide) groups is 1. The van der Waals surface area contributed by atoms with Gasteiger partial charge in [-0.15, -0.1) is 11.8 Å². The molecule has 0 unspecified atom stereocenters. The summed E-state index contributed by atoms with van der Waals surface area (Å²) in [4.78, 5) is 21.9. The van der Waals surface area contributed by atoms with Gasteiger partial charge in [0.15, 0.2) is 5.65 Å². The first kappa shape index (κ1) is 20.3. The largest absolute Gasteiger partial charge is 0.478 e. The van der Waals surface area contributed by atoms with Crippen LogP contribution in [-0.4, -0.2) is 34.8 Å². The molecular weight excluding hydrogens is 420 g/mol. The molecule has 2 aromatic heterocycles. The highest BCUT2D eigenvalue weighted by molar-refractivity contribution is 7.99. The fraction of sp³-hybridized carbons (Fsp3) is 0.160. The lowest BCUT2D eigenvalue weighted by molar-refractivity contribution is 0.328. The van der Waals surface area contributed by atoms with Crippen molar-refractivity contribution in [3.63, 3.8) is 0 Å². The standard InChI is InChI=1S/C25H22N4O2S/c1-4-31-23-10-6-17-12-19(16-5-8-20(26)15(2)11-16)25(30)29(24(17)27-23)18-7-9-22-21(13-18)28(3)14-32-22/h5-13,26H,2,4,14H2,1,3H3. The topological polar surface area (TPSA) is 71.2 Å². The number of allylic oxidation sites excluding steroid dienone is 5.